The lowest BCUT2D eigenvalue weighted by Crippen LogP contribution is -2.47. The number of aromatic nitrogens is 1. The Balaban J connectivity index is 1.60. The van der Waals surface area contributed by atoms with Crippen LogP contribution in [-0.2, 0) is 6.54 Å². The van der Waals surface area contributed by atoms with Gasteiger partial charge in [0.2, 0.25) is 0 Å². The lowest BCUT2D eigenvalue weighted by Gasteiger charge is -2.33. The predicted molar refractivity (Wildman–Crippen MR) is 89.7 cm³/mol. The van der Waals surface area contributed by atoms with Crippen molar-refractivity contribution in [3.05, 3.63) is 64.0 Å². The maximum absolute atomic E-state index is 12.3. The van der Waals surface area contributed by atoms with E-state index in [0.29, 0.717) is 5.76 Å². The van der Waals surface area contributed by atoms with Gasteiger partial charge in [-0.25, -0.2) is 0 Å². The van der Waals surface area contributed by atoms with Crippen molar-refractivity contribution in [3.63, 3.8) is 0 Å². The Morgan fingerprint density at radius 1 is 1.46 bits per heavy atom. The number of aryl methyl sites for hydroxylation is 1. The number of rotatable bonds is 4. The Labute approximate surface area is 140 Å². The molecule has 1 fully saturated rings. The first-order valence-corrected chi connectivity index (χ1v) is 8.14. The highest BCUT2D eigenvalue weighted by molar-refractivity contribution is 5.91. The van der Waals surface area contributed by atoms with E-state index in [4.69, 9.17) is 4.42 Å². The minimum Gasteiger partial charge on any atom is -0.456 e. The molecule has 3 rings (SSSR count). The summed E-state index contributed by atoms with van der Waals surface area (Å²) in [5.41, 5.74) is 0.944. The van der Waals surface area contributed by atoms with E-state index in [9.17, 15) is 9.59 Å². The van der Waals surface area contributed by atoms with Crippen LogP contribution in [0.4, 0.5) is 0 Å². The van der Waals surface area contributed by atoms with Gasteiger partial charge >= 0.3 is 0 Å². The lowest BCUT2D eigenvalue weighted by molar-refractivity contribution is 0.0869. The molecular weight excluding hydrogens is 306 g/mol. The molecule has 0 saturated carbocycles. The zero-order valence-electron chi connectivity index (χ0n) is 13.7. The van der Waals surface area contributed by atoms with E-state index in [2.05, 4.69) is 21.3 Å². The van der Waals surface area contributed by atoms with Gasteiger partial charge in [0.05, 0.1) is 0 Å². The highest BCUT2D eigenvalue weighted by atomic mass is 16.3. The second kappa shape index (κ2) is 7.40. The number of hydrogen-bond acceptors (Lipinski definition) is 5. The predicted octanol–water partition coefficient (Wildman–Crippen LogP) is 1.74. The topological polar surface area (TPSA) is 75.4 Å². The fraction of sp³-hybridized carbons (Fsp3) is 0.389. The van der Waals surface area contributed by atoms with E-state index in [1.54, 1.807) is 13.1 Å². The van der Waals surface area contributed by atoms with E-state index < -0.39 is 0 Å². The maximum Gasteiger partial charge on any atom is 0.287 e. The second-order valence-corrected chi connectivity index (χ2v) is 6.18. The Kier molecular flexibility index (Phi) is 5.05. The second-order valence-electron chi connectivity index (χ2n) is 6.18. The molecule has 0 radical (unpaired) electrons. The van der Waals surface area contributed by atoms with Gasteiger partial charge in [-0.15, -0.1) is 0 Å². The van der Waals surface area contributed by atoms with Gasteiger partial charge in [-0.3, -0.25) is 19.5 Å². The number of carbonyl (C=O) groups excluding carboxylic acids is 1. The van der Waals surface area contributed by atoms with Crippen LogP contribution in [0, 0.1) is 6.92 Å². The first-order chi connectivity index (χ1) is 11.6. The number of carbonyl (C=O) groups is 1. The number of likely N-dealkylation sites (tertiary alicyclic amines) is 1. The Hall–Kier alpha value is -2.47. The van der Waals surface area contributed by atoms with Crippen LogP contribution in [0.3, 0.4) is 0 Å². The summed E-state index contributed by atoms with van der Waals surface area (Å²) in [7, 11) is 0. The quantitative estimate of drug-likeness (QED) is 0.926. The van der Waals surface area contributed by atoms with Crippen molar-refractivity contribution >= 4 is 5.91 Å². The van der Waals surface area contributed by atoms with Crippen LogP contribution in [0.15, 0.2) is 45.9 Å². The average Bonchev–Trinajstić information content (AvgIpc) is 2.55. The molecule has 1 N–H and O–H groups in total. The summed E-state index contributed by atoms with van der Waals surface area (Å²) in [5.74, 6) is 0.183. The first-order valence-electron chi connectivity index (χ1n) is 8.14. The van der Waals surface area contributed by atoms with Crippen molar-refractivity contribution in [2.75, 3.05) is 13.1 Å². The summed E-state index contributed by atoms with van der Waals surface area (Å²) in [5, 5.41) is 2.98. The SMILES string of the molecule is Cc1cc(=O)cc(C(=O)N[C@H]2CCCN(Cc3cccnc3)C2)o1. The zero-order chi connectivity index (χ0) is 16.9. The van der Waals surface area contributed by atoms with Crippen molar-refractivity contribution in [2.45, 2.75) is 32.4 Å². The van der Waals surface area contributed by atoms with Crippen LogP contribution in [-0.4, -0.2) is 34.9 Å². The zero-order valence-corrected chi connectivity index (χ0v) is 13.7. The molecule has 0 spiro atoms. The number of pyridine rings is 1. The molecule has 24 heavy (non-hydrogen) atoms. The van der Waals surface area contributed by atoms with Gasteiger partial charge in [-0.2, -0.15) is 0 Å². The van der Waals surface area contributed by atoms with Crippen molar-refractivity contribution in [3.8, 4) is 0 Å². The molecule has 1 amide bonds. The van der Waals surface area contributed by atoms with Gasteiger partial charge in [0.1, 0.15) is 5.76 Å². The molecule has 2 aromatic rings. The van der Waals surface area contributed by atoms with Crippen LogP contribution in [0.1, 0.15) is 34.7 Å². The van der Waals surface area contributed by atoms with Gasteiger partial charge in [-0.1, -0.05) is 6.07 Å². The molecule has 2 aromatic heterocycles. The van der Waals surface area contributed by atoms with Crippen LogP contribution in [0.5, 0.6) is 0 Å². The van der Waals surface area contributed by atoms with E-state index in [-0.39, 0.29) is 23.1 Å². The number of nitrogens with zero attached hydrogens (tertiary/aromatic N) is 2. The molecule has 6 heteroatoms. The van der Waals surface area contributed by atoms with Crippen LogP contribution in [0.25, 0.3) is 0 Å². The molecule has 0 bridgehead atoms. The molecule has 6 nitrogen and oxygen atoms in total. The molecule has 1 aliphatic rings. The number of amides is 1. The third-order valence-corrected chi connectivity index (χ3v) is 4.08. The van der Waals surface area contributed by atoms with Gasteiger partial charge in [0.15, 0.2) is 11.2 Å². The van der Waals surface area contributed by atoms with E-state index in [1.165, 1.54) is 12.1 Å². The largest absolute Gasteiger partial charge is 0.456 e. The molecule has 1 aliphatic heterocycles. The van der Waals surface area contributed by atoms with Gasteiger partial charge in [-0.05, 0) is 37.9 Å². The first kappa shape index (κ1) is 16.4. The highest BCUT2D eigenvalue weighted by Crippen LogP contribution is 2.14. The third-order valence-electron chi connectivity index (χ3n) is 4.08. The molecular formula is C18H21N3O3. The summed E-state index contributed by atoms with van der Waals surface area (Å²) < 4.78 is 5.35. The average molecular weight is 327 g/mol. The molecule has 1 saturated heterocycles. The van der Waals surface area contributed by atoms with Crippen LogP contribution in [0.2, 0.25) is 0 Å². The van der Waals surface area contributed by atoms with Crippen LogP contribution < -0.4 is 10.7 Å². The number of nitrogens with one attached hydrogen (secondary N) is 1. The molecule has 0 aromatic carbocycles. The van der Waals surface area contributed by atoms with Gasteiger partial charge in [0, 0.05) is 43.7 Å². The fourth-order valence-corrected chi connectivity index (χ4v) is 3.04. The summed E-state index contributed by atoms with van der Waals surface area (Å²) in [6.07, 6.45) is 5.57. The van der Waals surface area contributed by atoms with Crippen molar-refractivity contribution < 1.29 is 9.21 Å². The summed E-state index contributed by atoms with van der Waals surface area (Å²) in [6.45, 7) is 4.26. The molecule has 126 valence electrons. The molecule has 0 unspecified atom stereocenters. The van der Waals surface area contributed by atoms with Gasteiger partial charge in [0.25, 0.3) is 5.91 Å². The summed E-state index contributed by atoms with van der Waals surface area (Å²) in [6, 6.07) is 6.63. The van der Waals surface area contributed by atoms with E-state index >= 15 is 0 Å². The Morgan fingerprint density at radius 3 is 3.08 bits per heavy atom. The Morgan fingerprint density at radius 2 is 2.33 bits per heavy atom. The highest BCUT2D eigenvalue weighted by Gasteiger charge is 2.23. The number of hydrogen-bond donors (Lipinski definition) is 1. The Bertz CT molecular complexity index is 758. The fourth-order valence-electron chi connectivity index (χ4n) is 3.04. The lowest BCUT2D eigenvalue weighted by atomic mass is 10.0. The standard InChI is InChI=1S/C18H21N3O3/c1-13-8-16(22)9-17(24-13)18(23)20-15-5-3-7-21(12-15)11-14-4-2-6-19-10-14/h2,4,6,8-10,15H,3,5,7,11-12H2,1H3,(H,20,23)/t15-/m0/s1. The molecule has 1 atom stereocenters. The minimum absolute atomic E-state index is 0.0498. The summed E-state index contributed by atoms with van der Waals surface area (Å²) >= 11 is 0. The monoisotopic (exact) mass is 327 g/mol. The van der Waals surface area contributed by atoms with Gasteiger partial charge < -0.3 is 9.73 Å². The maximum atomic E-state index is 12.3. The van der Waals surface area contributed by atoms with Crippen molar-refractivity contribution in [1.82, 2.24) is 15.2 Å². The van der Waals surface area contributed by atoms with Crippen molar-refractivity contribution in [1.29, 1.82) is 0 Å². The van der Waals surface area contributed by atoms with Crippen molar-refractivity contribution in [2.24, 2.45) is 0 Å². The van der Waals surface area contributed by atoms with E-state index in [0.717, 1.165) is 38.0 Å². The van der Waals surface area contributed by atoms with Crippen LogP contribution >= 0.6 is 0 Å². The normalized spacial score (nSPS) is 18.3. The smallest absolute Gasteiger partial charge is 0.287 e. The molecule has 0 aliphatic carbocycles. The third kappa shape index (κ3) is 4.29. The summed E-state index contributed by atoms with van der Waals surface area (Å²) in [4.78, 5) is 30.3. The minimum atomic E-state index is -0.330. The van der Waals surface area contributed by atoms with E-state index in [1.807, 2.05) is 12.3 Å². The molecule has 3 heterocycles. The number of piperidine rings is 1.